The maximum atomic E-state index is 12.3. The molecule has 6 nitrogen and oxygen atoms in total. The quantitative estimate of drug-likeness (QED) is 0.461. The molecule has 0 bridgehead atoms. The molecule has 0 aliphatic heterocycles. The Labute approximate surface area is 157 Å². The molecule has 3 aromatic rings. The molecule has 0 N–H and O–H groups in total. The normalized spacial score (nSPS) is 10.6. The van der Waals surface area contributed by atoms with Gasteiger partial charge in [0.2, 0.25) is 0 Å². The second-order valence-electron chi connectivity index (χ2n) is 5.38. The molecule has 0 amide bonds. The van der Waals surface area contributed by atoms with E-state index >= 15 is 0 Å². The highest BCUT2D eigenvalue weighted by Gasteiger charge is 2.14. The van der Waals surface area contributed by atoms with Gasteiger partial charge in [-0.3, -0.25) is 0 Å². The van der Waals surface area contributed by atoms with Crippen molar-refractivity contribution in [2.45, 2.75) is 6.61 Å². The molecule has 2 aromatic carbocycles. The van der Waals surface area contributed by atoms with Crippen molar-refractivity contribution in [3.63, 3.8) is 0 Å². The van der Waals surface area contributed by atoms with Crippen molar-refractivity contribution in [2.75, 3.05) is 14.2 Å². The van der Waals surface area contributed by atoms with Crippen LogP contribution in [0.4, 0.5) is 0 Å². The van der Waals surface area contributed by atoms with Crippen molar-refractivity contribution in [1.82, 2.24) is 0 Å². The third kappa shape index (κ3) is 3.72. The molecule has 1 heterocycles. The third-order valence-corrected chi connectivity index (χ3v) is 4.26. The number of fused-ring (bicyclic) bond motifs is 1. The van der Waals surface area contributed by atoms with Crippen LogP contribution in [0.1, 0.15) is 15.9 Å². The van der Waals surface area contributed by atoms with Crippen LogP contribution in [-0.4, -0.2) is 20.2 Å². The summed E-state index contributed by atoms with van der Waals surface area (Å²) in [5.41, 5.74) is 0.798. The summed E-state index contributed by atoms with van der Waals surface area (Å²) in [5, 5.41) is 0.702. The van der Waals surface area contributed by atoms with E-state index in [2.05, 4.69) is 15.9 Å². The summed E-state index contributed by atoms with van der Waals surface area (Å²) in [6.45, 7) is -0.0586. The summed E-state index contributed by atoms with van der Waals surface area (Å²) in [6, 6.07) is 11.4. The Bertz CT molecular complexity index is 1020. The molecule has 3 rings (SSSR count). The summed E-state index contributed by atoms with van der Waals surface area (Å²) in [5.74, 6) is 0.406. The Balaban J connectivity index is 1.84. The number of methoxy groups -OCH3 is 2. The molecule has 7 heteroatoms. The molecule has 0 spiro atoms. The van der Waals surface area contributed by atoms with E-state index < -0.39 is 11.6 Å². The lowest BCUT2D eigenvalue weighted by Crippen LogP contribution is -2.08. The van der Waals surface area contributed by atoms with E-state index in [1.165, 1.54) is 26.4 Å². The molecule has 0 aliphatic rings. The molecule has 0 aliphatic carbocycles. The number of esters is 1. The van der Waals surface area contributed by atoms with Gasteiger partial charge in [-0.2, -0.15) is 0 Å². The predicted molar refractivity (Wildman–Crippen MR) is 98.8 cm³/mol. The van der Waals surface area contributed by atoms with Gasteiger partial charge in [-0.25, -0.2) is 9.59 Å². The van der Waals surface area contributed by atoms with Crippen LogP contribution in [0.15, 0.2) is 56.1 Å². The Morgan fingerprint density at radius 2 is 1.81 bits per heavy atom. The van der Waals surface area contributed by atoms with Gasteiger partial charge in [-0.05, 0) is 36.4 Å². The lowest BCUT2D eigenvalue weighted by atomic mass is 10.1. The number of hydrogen-bond donors (Lipinski definition) is 0. The van der Waals surface area contributed by atoms with Gasteiger partial charge in [0.05, 0.1) is 19.8 Å². The first-order valence-corrected chi connectivity index (χ1v) is 8.42. The first-order valence-electron chi connectivity index (χ1n) is 7.63. The molecule has 134 valence electrons. The zero-order valence-corrected chi connectivity index (χ0v) is 15.7. The Morgan fingerprint density at radius 1 is 1.04 bits per heavy atom. The van der Waals surface area contributed by atoms with Crippen molar-refractivity contribution in [3.05, 3.63) is 68.5 Å². The fraction of sp³-hybridized carbons (Fsp3) is 0.158. The zero-order chi connectivity index (χ0) is 18.7. The monoisotopic (exact) mass is 418 g/mol. The largest absolute Gasteiger partial charge is 0.493 e. The lowest BCUT2D eigenvalue weighted by Gasteiger charge is -2.10. The van der Waals surface area contributed by atoms with Gasteiger partial charge >= 0.3 is 11.6 Å². The van der Waals surface area contributed by atoms with Gasteiger partial charge in [-0.15, -0.1) is 0 Å². The lowest BCUT2D eigenvalue weighted by molar-refractivity contribution is 0.0473. The Morgan fingerprint density at radius 3 is 2.54 bits per heavy atom. The molecule has 0 saturated heterocycles. The van der Waals surface area contributed by atoms with Crippen LogP contribution < -0.4 is 15.1 Å². The average molecular weight is 419 g/mol. The van der Waals surface area contributed by atoms with E-state index in [1.54, 1.807) is 24.3 Å². The Hall–Kier alpha value is -2.80. The van der Waals surface area contributed by atoms with Crippen molar-refractivity contribution < 1.29 is 23.4 Å². The highest BCUT2D eigenvalue weighted by molar-refractivity contribution is 9.10. The van der Waals surface area contributed by atoms with Crippen molar-refractivity contribution in [2.24, 2.45) is 0 Å². The molecule has 0 atom stereocenters. The highest BCUT2D eigenvalue weighted by Crippen LogP contribution is 2.28. The minimum Gasteiger partial charge on any atom is -0.493 e. The summed E-state index contributed by atoms with van der Waals surface area (Å²) in [4.78, 5) is 24.1. The van der Waals surface area contributed by atoms with Crippen LogP contribution in [0, 0.1) is 0 Å². The molecule has 1 aromatic heterocycles. The van der Waals surface area contributed by atoms with Gasteiger partial charge in [0, 0.05) is 21.5 Å². The smallest absolute Gasteiger partial charge is 0.338 e. The number of carbonyl (C=O) groups is 1. The van der Waals surface area contributed by atoms with Crippen molar-refractivity contribution in [3.8, 4) is 11.5 Å². The predicted octanol–water partition coefficient (Wildman–Crippen LogP) is 3.93. The number of halogens is 1. The third-order valence-electron chi connectivity index (χ3n) is 3.77. The number of benzene rings is 2. The minimum atomic E-state index is -0.538. The van der Waals surface area contributed by atoms with Crippen LogP contribution in [0.3, 0.4) is 0 Å². The van der Waals surface area contributed by atoms with E-state index in [0.29, 0.717) is 33.6 Å². The summed E-state index contributed by atoms with van der Waals surface area (Å²) in [6.07, 6.45) is 0. The average Bonchev–Trinajstić information content (AvgIpc) is 2.64. The molecular formula is C19H15BrO6. The van der Waals surface area contributed by atoms with Crippen LogP contribution in [-0.2, 0) is 11.3 Å². The van der Waals surface area contributed by atoms with Crippen LogP contribution in [0.2, 0.25) is 0 Å². The highest BCUT2D eigenvalue weighted by atomic mass is 79.9. The molecule has 0 radical (unpaired) electrons. The number of rotatable bonds is 5. The van der Waals surface area contributed by atoms with E-state index in [9.17, 15) is 9.59 Å². The fourth-order valence-electron chi connectivity index (χ4n) is 2.51. The first-order chi connectivity index (χ1) is 12.5. The standard InChI is InChI=1S/C19H15BrO6/c1-23-15-6-3-11(7-17(15)24-2)19(22)25-10-12-8-18(21)26-16-9-13(20)4-5-14(12)16/h3-9H,10H2,1-2H3. The van der Waals surface area contributed by atoms with Crippen LogP contribution >= 0.6 is 15.9 Å². The van der Waals surface area contributed by atoms with E-state index in [4.69, 9.17) is 18.6 Å². The summed E-state index contributed by atoms with van der Waals surface area (Å²) < 4.78 is 21.6. The fourth-order valence-corrected chi connectivity index (χ4v) is 2.85. The molecule has 0 fully saturated rings. The van der Waals surface area contributed by atoms with E-state index in [1.807, 2.05) is 6.07 Å². The maximum absolute atomic E-state index is 12.3. The SMILES string of the molecule is COc1ccc(C(=O)OCc2cc(=O)oc3cc(Br)ccc23)cc1OC. The topological polar surface area (TPSA) is 75.0 Å². The van der Waals surface area contributed by atoms with Crippen molar-refractivity contribution >= 4 is 32.9 Å². The Kier molecular flexibility index (Phi) is 5.27. The maximum Gasteiger partial charge on any atom is 0.338 e. The van der Waals surface area contributed by atoms with Gasteiger partial charge in [0.15, 0.2) is 11.5 Å². The molecule has 0 saturated carbocycles. The second kappa shape index (κ2) is 7.61. The van der Waals surface area contributed by atoms with Gasteiger partial charge in [0.1, 0.15) is 12.2 Å². The number of ether oxygens (including phenoxy) is 3. The first kappa shape index (κ1) is 18.0. The summed E-state index contributed by atoms with van der Waals surface area (Å²) >= 11 is 3.33. The molecular weight excluding hydrogens is 404 g/mol. The zero-order valence-electron chi connectivity index (χ0n) is 14.1. The summed E-state index contributed by atoms with van der Waals surface area (Å²) in [7, 11) is 3.00. The van der Waals surface area contributed by atoms with Gasteiger partial charge in [-0.1, -0.05) is 15.9 Å². The van der Waals surface area contributed by atoms with Crippen LogP contribution in [0.25, 0.3) is 11.0 Å². The van der Waals surface area contributed by atoms with E-state index in [-0.39, 0.29) is 6.61 Å². The molecule has 26 heavy (non-hydrogen) atoms. The van der Waals surface area contributed by atoms with Crippen LogP contribution in [0.5, 0.6) is 11.5 Å². The van der Waals surface area contributed by atoms with Crippen molar-refractivity contribution in [1.29, 1.82) is 0 Å². The molecule has 0 unspecified atom stereocenters. The number of carbonyl (C=O) groups excluding carboxylic acids is 1. The van der Waals surface area contributed by atoms with E-state index in [0.717, 1.165) is 4.47 Å². The van der Waals surface area contributed by atoms with Gasteiger partial charge in [0.25, 0.3) is 0 Å². The number of hydrogen-bond acceptors (Lipinski definition) is 6. The van der Waals surface area contributed by atoms with Gasteiger partial charge < -0.3 is 18.6 Å². The minimum absolute atomic E-state index is 0.0586. The second-order valence-corrected chi connectivity index (χ2v) is 6.29.